The van der Waals surface area contributed by atoms with Crippen LogP contribution in [0.5, 0.6) is 0 Å². The minimum absolute atomic E-state index is 0.0716. The quantitative estimate of drug-likeness (QED) is 0.529. The van der Waals surface area contributed by atoms with E-state index in [0.29, 0.717) is 16.8 Å². The minimum Gasteiger partial charge on any atom is -0.322 e. The third-order valence-corrected chi connectivity index (χ3v) is 7.94. The number of aryl methyl sites for hydroxylation is 3. The molecular formula is C21H23N3O3S3. The summed E-state index contributed by atoms with van der Waals surface area (Å²) in [5.74, 6) is -0.347. The van der Waals surface area contributed by atoms with Gasteiger partial charge in [-0.3, -0.25) is 4.79 Å². The highest BCUT2D eigenvalue weighted by Crippen LogP contribution is 2.32. The number of carbonyl (C=O) groups is 1. The monoisotopic (exact) mass is 461 g/mol. The second kappa shape index (κ2) is 9.30. The smallest absolute Gasteiger partial charge is 0.255 e. The van der Waals surface area contributed by atoms with E-state index in [2.05, 4.69) is 15.0 Å². The number of hydrogen-bond acceptors (Lipinski definition) is 6. The van der Waals surface area contributed by atoms with Gasteiger partial charge in [-0.05, 0) is 62.2 Å². The van der Waals surface area contributed by atoms with Crippen LogP contribution in [0.1, 0.15) is 34.1 Å². The summed E-state index contributed by atoms with van der Waals surface area (Å²) < 4.78 is 28.0. The van der Waals surface area contributed by atoms with Crippen LogP contribution >= 0.6 is 23.1 Å². The van der Waals surface area contributed by atoms with Crippen LogP contribution in [0.2, 0.25) is 0 Å². The zero-order valence-corrected chi connectivity index (χ0v) is 19.6. The van der Waals surface area contributed by atoms with Crippen molar-refractivity contribution in [1.29, 1.82) is 0 Å². The molecule has 1 heterocycles. The lowest BCUT2D eigenvalue weighted by molar-refractivity contribution is 0.102. The number of anilines is 1. The van der Waals surface area contributed by atoms with E-state index in [4.69, 9.17) is 0 Å². The molecule has 3 aromatic rings. The maximum absolute atomic E-state index is 12.9. The first-order chi connectivity index (χ1) is 14.2. The second-order valence-corrected chi connectivity index (χ2v) is 10.7. The Morgan fingerprint density at radius 3 is 2.50 bits per heavy atom. The summed E-state index contributed by atoms with van der Waals surface area (Å²) in [5, 5.41) is 4.91. The number of sulfonamides is 1. The molecule has 0 spiro atoms. The van der Waals surface area contributed by atoms with Gasteiger partial charge in [0.05, 0.1) is 4.90 Å². The molecule has 2 N–H and O–H groups in total. The van der Waals surface area contributed by atoms with Gasteiger partial charge in [0.25, 0.3) is 5.91 Å². The summed E-state index contributed by atoms with van der Waals surface area (Å²) in [4.78, 5) is 18.4. The number of aromatic nitrogens is 1. The lowest BCUT2D eigenvalue weighted by Gasteiger charge is -2.13. The van der Waals surface area contributed by atoms with Crippen LogP contribution in [0.15, 0.2) is 55.9 Å². The second-order valence-electron chi connectivity index (χ2n) is 6.77. The number of nitrogens with one attached hydrogen (secondary N) is 2. The molecular weight excluding hydrogens is 438 g/mol. The summed E-state index contributed by atoms with van der Waals surface area (Å²) in [6, 6.07) is 10.3. The summed E-state index contributed by atoms with van der Waals surface area (Å²) in [7, 11) is -3.64. The fourth-order valence-corrected chi connectivity index (χ4v) is 5.77. The molecule has 0 saturated heterocycles. The van der Waals surface area contributed by atoms with Crippen LogP contribution < -0.4 is 10.0 Å². The average molecular weight is 462 g/mol. The molecule has 30 heavy (non-hydrogen) atoms. The Morgan fingerprint density at radius 1 is 1.10 bits per heavy atom. The van der Waals surface area contributed by atoms with Crippen molar-refractivity contribution < 1.29 is 13.2 Å². The molecule has 3 rings (SSSR count). The molecule has 0 fully saturated rings. The predicted octanol–water partition coefficient (Wildman–Crippen LogP) is 4.77. The molecule has 0 bridgehead atoms. The van der Waals surface area contributed by atoms with Crippen molar-refractivity contribution in [2.45, 2.75) is 41.8 Å². The Hall–Kier alpha value is -2.20. The van der Waals surface area contributed by atoms with Crippen LogP contribution in [0, 0.1) is 20.8 Å². The van der Waals surface area contributed by atoms with Crippen LogP contribution in [0.4, 0.5) is 5.69 Å². The molecule has 0 aliphatic rings. The normalized spacial score (nSPS) is 11.5. The first kappa shape index (κ1) is 22.5. The Balaban J connectivity index is 1.80. The molecule has 0 atom stereocenters. The van der Waals surface area contributed by atoms with E-state index in [1.807, 2.05) is 37.4 Å². The summed E-state index contributed by atoms with van der Waals surface area (Å²) >= 11 is 3.18. The molecule has 0 unspecified atom stereocenters. The van der Waals surface area contributed by atoms with Gasteiger partial charge in [0.2, 0.25) is 10.0 Å². The summed E-state index contributed by atoms with van der Waals surface area (Å²) in [6.45, 7) is 7.65. The fourth-order valence-electron chi connectivity index (χ4n) is 2.80. The topological polar surface area (TPSA) is 88.2 Å². The minimum atomic E-state index is -3.64. The van der Waals surface area contributed by atoms with Gasteiger partial charge < -0.3 is 5.32 Å². The highest BCUT2D eigenvalue weighted by molar-refractivity contribution is 8.01. The lowest BCUT2D eigenvalue weighted by Crippen LogP contribution is -2.24. The van der Waals surface area contributed by atoms with Crippen molar-refractivity contribution in [3.05, 3.63) is 64.2 Å². The van der Waals surface area contributed by atoms with Gasteiger partial charge >= 0.3 is 0 Å². The predicted molar refractivity (Wildman–Crippen MR) is 122 cm³/mol. The summed E-state index contributed by atoms with van der Waals surface area (Å²) in [6.07, 6.45) is 0. The number of hydrogen-bond donors (Lipinski definition) is 2. The number of nitrogens with zero attached hydrogens (tertiary/aromatic N) is 1. The van der Waals surface area contributed by atoms with Gasteiger partial charge in [0, 0.05) is 33.8 Å². The van der Waals surface area contributed by atoms with Crippen LogP contribution in [-0.2, 0) is 10.0 Å². The molecule has 158 valence electrons. The molecule has 0 aliphatic carbocycles. The fraction of sp³-hybridized carbons (Fsp3) is 0.238. The van der Waals surface area contributed by atoms with Gasteiger partial charge in [-0.2, -0.15) is 0 Å². The third kappa shape index (κ3) is 5.28. The van der Waals surface area contributed by atoms with Gasteiger partial charge in [-0.15, -0.1) is 11.3 Å². The summed E-state index contributed by atoms with van der Waals surface area (Å²) in [5.41, 5.74) is 3.61. The molecule has 2 aromatic carbocycles. The van der Waals surface area contributed by atoms with Crippen molar-refractivity contribution in [2.75, 3.05) is 11.9 Å². The maximum Gasteiger partial charge on any atom is 0.255 e. The SMILES string of the molecule is CCNS(=O)(=O)c1ccc(C)c(C(=O)Nc2ccc(Sc3nc(C)cs3)cc2C)c1. The molecule has 1 aromatic heterocycles. The third-order valence-electron chi connectivity index (χ3n) is 4.35. The Kier molecular flexibility index (Phi) is 6.97. The van der Waals surface area contributed by atoms with E-state index in [0.717, 1.165) is 20.5 Å². The van der Waals surface area contributed by atoms with Crippen LogP contribution in [0.3, 0.4) is 0 Å². The van der Waals surface area contributed by atoms with Gasteiger partial charge in [0.1, 0.15) is 0 Å². The van der Waals surface area contributed by atoms with E-state index in [9.17, 15) is 13.2 Å². The van der Waals surface area contributed by atoms with Crippen LogP contribution in [0.25, 0.3) is 0 Å². The Labute approximate surface area is 185 Å². The lowest BCUT2D eigenvalue weighted by atomic mass is 10.1. The Morgan fingerprint density at radius 2 is 1.87 bits per heavy atom. The van der Waals surface area contributed by atoms with Crippen molar-refractivity contribution in [3.63, 3.8) is 0 Å². The molecule has 0 radical (unpaired) electrons. The van der Waals surface area contributed by atoms with E-state index >= 15 is 0 Å². The maximum atomic E-state index is 12.9. The zero-order chi connectivity index (χ0) is 21.9. The zero-order valence-electron chi connectivity index (χ0n) is 17.1. The number of amides is 1. The number of benzene rings is 2. The highest BCUT2D eigenvalue weighted by Gasteiger charge is 2.18. The van der Waals surface area contributed by atoms with E-state index < -0.39 is 10.0 Å². The van der Waals surface area contributed by atoms with E-state index in [1.165, 1.54) is 12.1 Å². The van der Waals surface area contributed by atoms with Crippen molar-refractivity contribution in [2.24, 2.45) is 0 Å². The number of rotatable bonds is 7. The van der Waals surface area contributed by atoms with Gasteiger partial charge in [-0.1, -0.05) is 24.8 Å². The highest BCUT2D eigenvalue weighted by atomic mass is 32.2. The molecule has 0 aliphatic heterocycles. The van der Waals surface area contributed by atoms with Crippen molar-refractivity contribution in [3.8, 4) is 0 Å². The number of thiazole rings is 1. The largest absolute Gasteiger partial charge is 0.322 e. The Bertz CT molecular complexity index is 1190. The standard InChI is InChI=1S/C21H23N3O3S3/c1-5-22-30(26,27)17-8-6-13(2)18(11-17)20(25)24-19-9-7-16(10-14(19)3)29-21-23-15(4)12-28-21/h6-12,22H,5H2,1-4H3,(H,24,25). The molecule has 6 nitrogen and oxygen atoms in total. The molecule has 0 saturated carbocycles. The van der Waals surface area contributed by atoms with Crippen LogP contribution in [-0.4, -0.2) is 25.9 Å². The van der Waals surface area contributed by atoms with Gasteiger partial charge in [-0.25, -0.2) is 18.1 Å². The van der Waals surface area contributed by atoms with E-state index in [1.54, 1.807) is 43.0 Å². The average Bonchev–Trinajstić information content (AvgIpc) is 3.08. The van der Waals surface area contributed by atoms with E-state index in [-0.39, 0.29) is 17.3 Å². The first-order valence-corrected chi connectivity index (χ1v) is 12.5. The van der Waals surface area contributed by atoms with Crippen molar-refractivity contribution >= 4 is 44.7 Å². The number of carbonyl (C=O) groups excluding carboxylic acids is 1. The first-order valence-electron chi connectivity index (χ1n) is 9.32. The molecule has 1 amide bonds. The van der Waals surface area contributed by atoms with Crippen molar-refractivity contribution in [1.82, 2.24) is 9.71 Å². The molecule has 9 heteroatoms. The van der Waals surface area contributed by atoms with Gasteiger partial charge in [0.15, 0.2) is 4.34 Å².